The summed E-state index contributed by atoms with van der Waals surface area (Å²) in [7, 11) is 0. The average Bonchev–Trinajstić information content (AvgIpc) is 3.34. The number of rotatable bonds is 10. The Bertz CT molecular complexity index is 1430. The Hall–Kier alpha value is -4.51. The van der Waals surface area contributed by atoms with Crippen LogP contribution >= 0.6 is 0 Å². The van der Waals surface area contributed by atoms with Crippen LogP contribution in [-0.2, 0) is 11.2 Å². The zero-order chi connectivity index (χ0) is 26.3. The van der Waals surface area contributed by atoms with E-state index in [2.05, 4.69) is 26.0 Å². The highest BCUT2D eigenvalue weighted by atomic mass is 16.2. The Labute approximate surface area is 220 Å². The zero-order valence-electron chi connectivity index (χ0n) is 21.1. The van der Waals surface area contributed by atoms with E-state index in [4.69, 9.17) is 10.7 Å². The summed E-state index contributed by atoms with van der Waals surface area (Å²) in [6.45, 7) is 2.96. The number of nitrogens with one attached hydrogen (secondary N) is 3. The van der Waals surface area contributed by atoms with E-state index in [-0.39, 0.29) is 5.91 Å². The third-order valence-corrected chi connectivity index (χ3v) is 6.37. The van der Waals surface area contributed by atoms with Gasteiger partial charge in [-0.1, -0.05) is 12.1 Å². The van der Waals surface area contributed by atoms with Crippen molar-refractivity contribution < 1.29 is 9.59 Å². The summed E-state index contributed by atoms with van der Waals surface area (Å²) in [5.41, 5.74) is 10.3. The number of fused-ring (bicyclic) bond motifs is 1. The van der Waals surface area contributed by atoms with E-state index in [9.17, 15) is 9.59 Å². The van der Waals surface area contributed by atoms with Crippen LogP contribution in [0, 0.1) is 0 Å². The first kappa shape index (κ1) is 25.2. The number of nitrogens with two attached hydrogens (primary N) is 1. The number of piperazine rings is 1. The van der Waals surface area contributed by atoms with Crippen molar-refractivity contribution in [1.29, 1.82) is 0 Å². The molecule has 3 heterocycles. The first-order valence-corrected chi connectivity index (χ1v) is 12.8. The molecule has 0 bridgehead atoms. The second-order valence-corrected chi connectivity index (χ2v) is 9.19. The number of nitrogen functional groups attached to an aromatic ring is 1. The van der Waals surface area contributed by atoms with E-state index < -0.39 is 0 Å². The van der Waals surface area contributed by atoms with Gasteiger partial charge in [0.05, 0.1) is 6.20 Å². The van der Waals surface area contributed by atoms with Crippen LogP contribution in [0.5, 0.6) is 0 Å². The molecule has 0 unspecified atom stereocenters. The van der Waals surface area contributed by atoms with Crippen molar-refractivity contribution in [2.75, 3.05) is 42.5 Å². The molecule has 0 saturated carbocycles. The van der Waals surface area contributed by atoms with E-state index in [1.807, 2.05) is 53.4 Å². The van der Waals surface area contributed by atoms with Crippen molar-refractivity contribution in [1.82, 2.24) is 29.8 Å². The predicted molar refractivity (Wildman–Crippen MR) is 147 cm³/mol. The van der Waals surface area contributed by atoms with Crippen LogP contribution in [0.15, 0.2) is 54.7 Å². The van der Waals surface area contributed by atoms with E-state index >= 15 is 0 Å². The summed E-state index contributed by atoms with van der Waals surface area (Å²) in [6, 6.07) is 14.7. The summed E-state index contributed by atoms with van der Waals surface area (Å²) in [6.07, 6.45) is 5.65. The lowest BCUT2D eigenvalue weighted by molar-refractivity contribution is -0.107. The van der Waals surface area contributed by atoms with Gasteiger partial charge in [0.15, 0.2) is 5.65 Å². The van der Waals surface area contributed by atoms with Gasteiger partial charge in [-0.3, -0.25) is 4.79 Å². The Balaban J connectivity index is 1.45. The molecule has 38 heavy (non-hydrogen) atoms. The van der Waals surface area contributed by atoms with E-state index in [0.717, 1.165) is 49.9 Å². The average molecular weight is 514 g/mol. The quantitative estimate of drug-likeness (QED) is 0.143. The molecule has 1 aliphatic heterocycles. The number of hydrogen-bond acceptors (Lipinski definition) is 9. The van der Waals surface area contributed by atoms with Crippen molar-refractivity contribution >= 4 is 46.8 Å². The highest BCUT2D eigenvalue weighted by Gasteiger charge is 2.19. The van der Waals surface area contributed by atoms with Gasteiger partial charge in [-0.15, -0.1) is 0 Å². The van der Waals surface area contributed by atoms with Gasteiger partial charge in [-0.25, -0.2) is 0 Å². The van der Waals surface area contributed by atoms with Crippen LogP contribution in [0.1, 0.15) is 35.2 Å². The second-order valence-electron chi connectivity index (χ2n) is 9.19. The first-order valence-electron chi connectivity index (χ1n) is 12.8. The third-order valence-electron chi connectivity index (χ3n) is 6.37. The Kier molecular flexibility index (Phi) is 7.74. The molecule has 4 aromatic rings. The molecule has 0 atom stereocenters. The number of carbonyl (C=O) groups excluding carboxylic acids is 2. The number of hydrogen-bond donors (Lipinski definition) is 4. The second kappa shape index (κ2) is 11.7. The molecule has 5 rings (SSSR count). The highest BCUT2D eigenvalue weighted by molar-refractivity contribution is 5.95. The van der Waals surface area contributed by atoms with Crippen molar-refractivity contribution in [3.8, 4) is 0 Å². The molecule has 0 radical (unpaired) electrons. The molecule has 11 heteroatoms. The fraction of sp³-hybridized carbons (Fsp3) is 0.296. The van der Waals surface area contributed by atoms with Crippen molar-refractivity contribution in [2.45, 2.75) is 25.7 Å². The smallest absolute Gasteiger partial charge is 0.254 e. The third kappa shape index (κ3) is 5.89. The molecule has 1 amide bonds. The van der Waals surface area contributed by atoms with Gasteiger partial charge in [-0.2, -0.15) is 19.6 Å². The number of amides is 1. The normalized spacial score (nSPS) is 13.4. The number of aldehydes is 1. The molecule has 5 N–H and O–H groups in total. The summed E-state index contributed by atoms with van der Waals surface area (Å²) in [5, 5.41) is 14.4. The Morgan fingerprint density at radius 2 is 1.82 bits per heavy atom. The standard InChI is InChI=1S/C27H31N9O2/c28-21-8-5-10-23(17-21)31-26-33-24-20(6-2-1-3-15-37)18-30-36(24)27(34-26)32-22-9-4-7-19(16-22)25(38)35-13-11-29-12-14-35/h4-5,7-10,15-18,29H,1-3,6,11-14,28H2,(H2,31,32,33,34). The molecule has 1 saturated heterocycles. The predicted octanol–water partition coefficient (Wildman–Crippen LogP) is 3.15. The van der Waals surface area contributed by atoms with Crippen LogP contribution in [-0.4, -0.2) is 62.9 Å². The minimum atomic E-state index is 0.00343. The van der Waals surface area contributed by atoms with Gasteiger partial charge < -0.3 is 31.4 Å². The van der Waals surface area contributed by atoms with Gasteiger partial charge in [0.2, 0.25) is 11.9 Å². The summed E-state index contributed by atoms with van der Waals surface area (Å²) in [4.78, 5) is 35.0. The van der Waals surface area contributed by atoms with E-state index in [0.29, 0.717) is 54.0 Å². The Morgan fingerprint density at radius 3 is 2.61 bits per heavy atom. The number of unbranched alkanes of at least 4 members (excludes halogenated alkanes) is 2. The number of aromatic nitrogens is 4. The van der Waals surface area contributed by atoms with Crippen LogP contribution in [0.25, 0.3) is 5.65 Å². The van der Waals surface area contributed by atoms with E-state index in [1.54, 1.807) is 10.7 Å². The van der Waals surface area contributed by atoms with Crippen molar-refractivity contribution in [2.24, 2.45) is 0 Å². The molecule has 1 fully saturated rings. The fourth-order valence-electron chi connectivity index (χ4n) is 4.43. The number of aryl methyl sites for hydroxylation is 1. The maximum atomic E-state index is 13.0. The van der Waals surface area contributed by atoms with Crippen LogP contribution in [0.2, 0.25) is 0 Å². The van der Waals surface area contributed by atoms with Crippen molar-refractivity contribution in [3.05, 3.63) is 65.9 Å². The maximum absolute atomic E-state index is 13.0. The minimum absolute atomic E-state index is 0.00343. The van der Waals surface area contributed by atoms with Gasteiger partial charge >= 0.3 is 0 Å². The topological polar surface area (TPSA) is 143 Å². The van der Waals surface area contributed by atoms with Crippen molar-refractivity contribution in [3.63, 3.8) is 0 Å². The summed E-state index contributed by atoms with van der Waals surface area (Å²) >= 11 is 0. The fourth-order valence-corrected chi connectivity index (χ4v) is 4.43. The van der Waals surface area contributed by atoms with Gasteiger partial charge in [0.1, 0.15) is 6.29 Å². The number of nitrogens with zero attached hydrogens (tertiary/aromatic N) is 5. The maximum Gasteiger partial charge on any atom is 0.254 e. The van der Waals surface area contributed by atoms with Gasteiger partial charge in [0, 0.05) is 60.8 Å². The lowest BCUT2D eigenvalue weighted by atomic mass is 10.1. The number of carbonyl (C=O) groups is 2. The molecular formula is C27H31N9O2. The lowest BCUT2D eigenvalue weighted by Crippen LogP contribution is -2.46. The highest BCUT2D eigenvalue weighted by Crippen LogP contribution is 2.24. The van der Waals surface area contributed by atoms with Gasteiger partial charge in [-0.05, 0) is 55.7 Å². The monoisotopic (exact) mass is 513 g/mol. The van der Waals surface area contributed by atoms with Gasteiger partial charge in [0.25, 0.3) is 5.91 Å². The lowest BCUT2D eigenvalue weighted by Gasteiger charge is -2.27. The van der Waals surface area contributed by atoms with Crippen LogP contribution < -0.4 is 21.7 Å². The molecule has 196 valence electrons. The largest absolute Gasteiger partial charge is 0.399 e. The number of anilines is 5. The van der Waals surface area contributed by atoms with Crippen LogP contribution in [0.3, 0.4) is 0 Å². The first-order chi connectivity index (χ1) is 18.6. The Morgan fingerprint density at radius 1 is 1.03 bits per heavy atom. The van der Waals surface area contributed by atoms with Crippen LogP contribution in [0.4, 0.5) is 29.0 Å². The minimum Gasteiger partial charge on any atom is -0.399 e. The van der Waals surface area contributed by atoms with E-state index in [1.165, 1.54) is 0 Å². The molecule has 1 aliphatic rings. The molecule has 11 nitrogen and oxygen atoms in total. The number of benzene rings is 2. The molecule has 2 aromatic heterocycles. The molecule has 0 aliphatic carbocycles. The molecule has 0 spiro atoms. The summed E-state index contributed by atoms with van der Waals surface area (Å²) in [5.74, 6) is 0.837. The summed E-state index contributed by atoms with van der Waals surface area (Å²) < 4.78 is 1.66. The SMILES string of the molecule is Nc1cccc(Nc2nc(Nc3cccc(C(=O)N4CCNCC4)c3)n3ncc(CCCCC=O)c3n2)c1. The molecule has 2 aromatic carbocycles. The zero-order valence-corrected chi connectivity index (χ0v) is 21.1. The molecular weight excluding hydrogens is 482 g/mol.